The number of nitrogens with zero attached hydrogens (tertiary/aromatic N) is 3. The third-order valence-corrected chi connectivity index (χ3v) is 5.17. The number of benzene rings is 1. The summed E-state index contributed by atoms with van der Waals surface area (Å²) in [5.41, 5.74) is 1.14. The summed E-state index contributed by atoms with van der Waals surface area (Å²) in [6.07, 6.45) is 0. The van der Waals surface area contributed by atoms with E-state index in [1.165, 1.54) is 16.0 Å². The molecule has 29 heavy (non-hydrogen) atoms. The van der Waals surface area contributed by atoms with Crippen LogP contribution in [0.15, 0.2) is 41.8 Å². The molecule has 0 spiro atoms. The van der Waals surface area contributed by atoms with Crippen molar-refractivity contribution < 1.29 is 19.1 Å². The van der Waals surface area contributed by atoms with Gasteiger partial charge in [-0.3, -0.25) is 14.3 Å². The van der Waals surface area contributed by atoms with Crippen molar-refractivity contribution >= 4 is 29.0 Å². The maximum absolute atomic E-state index is 12.8. The van der Waals surface area contributed by atoms with E-state index in [0.29, 0.717) is 28.7 Å². The van der Waals surface area contributed by atoms with E-state index in [2.05, 4.69) is 10.4 Å². The van der Waals surface area contributed by atoms with Crippen LogP contribution in [0.25, 0.3) is 0 Å². The molecular weight excluding hydrogens is 392 g/mol. The number of amides is 2. The van der Waals surface area contributed by atoms with Gasteiger partial charge < -0.3 is 19.7 Å². The van der Waals surface area contributed by atoms with Crippen molar-refractivity contribution in [1.82, 2.24) is 14.7 Å². The molecule has 2 aromatic heterocycles. The number of hydrogen-bond acceptors (Lipinski definition) is 6. The molecule has 3 aromatic rings. The smallest absolute Gasteiger partial charge is 0.274 e. The largest absolute Gasteiger partial charge is 0.493 e. The average molecular weight is 414 g/mol. The standard InChI is InChI=1S/C20H22N4O4S/c1-23(12-13-7-8-15(27-3)16(10-13)28-4)20(26)14-11-18(24(2)22-14)21-19(25)17-6-5-9-29-17/h5-11H,12H2,1-4H3,(H,21,25). The highest BCUT2D eigenvalue weighted by atomic mass is 32.1. The lowest BCUT2D eigenvalue weighted by Gasteiger charge is -2.17. The van der Waals surface area contributed by atoms with E-state index in [1.807, 2.05) is 17.5 Å². The highest BCUT2D eigenvalue weighted by Crippen LogP contribution is 2.28. The van der Waals surface area contributed by atoms with Crippen molar-refractivity contribution in [3.63, 3.8) is 0 Å². The molecule has 0 aliphatic heterocycles. The van der Waals surface area contributed by atoms with E-state index in [-0.39, 0.29) is 17.5 Å². The lowest BCUT2D eigenvalue weighted by molar-refractivity contribution is 0.0778. The Morgan fingerprint density at radius 2 is 1.93 bits per heavy atom. The fourth-order valence-electron chi connectivity index (χ4n) is 2.79. The molecule has 0 saturated carbocycles. The predicted molar refractivity (Wildman–Crippen MR) is 111 cm³/mol. The molecule has 1 aromatic carbocycles. The molecule has 0 saturated heterocycles. The number of aromatic nitrogens is 2. The van der Waals surface area contributed by atoms with E-state index in [4.69, 9.17) is 9.47 Å². The molecule has 1 N–H and O–H groups in total. The Bertz CT molecular complexity index is 1010. The Kier molecular flexibility index (Phi) is 6.18. The number of aryl methyl sites for hydroxylation is 1. The number of methoxy groups -OCH3 is 2. The van der Waals surface area contributed by atoms with Gasteiger partial charge in [0.1, 0.15) is 5.82 Å². The van der Waals surface area contributed by atoms with Crippen molar-refractivity contribution in [2.75, 3.05) is 26.6 Å². The number of thiophene rings is 1. The van der Waals surface area contributed by atoms with Crippen LogP contribution in [0.5, 0.6) is 11.5 Å². The van der Waals surface area contributed by atoms with Crippen molar-refractivity contribution in [2.24, 2.45) is 7.05 Å². The van der Waals surface area contributed by atoms with Gasteiger partial charge in [-0.2, -0.15) is 5.10 Å². The van der Waals surface area contributed by atoms with Crippen LogP contribution in [-0.2, 0) is 13.6 Å². The number of carbonyl (C=O) groups is 2. The highest BCUT2D eigenvalue weighted by Gasteiger charge is 2.19. The number of carbonyl (C=O) groups excluding carboxylic acids is 2. The molecule has 2 amide bonds. The molecule has 152 valence electrons. The van der Waals surface area contributed by atoms with Crippen LogP contribution in [0.4, 0.5) is 5.82 Å². The first-order valence-corrected chi connectivity index (χ1v) is 9.66. The minimum Gasteiger partial charge on any atom is -0.493 e. The maximum atomic E-state index is 12.8. The molecule has 0 atom stereocenters. The molecule has 2 heterocycles. The number of ether oxygens (including phenoxy) is 2. The molecule has 0 unspecified atom stereocenters. The Morgan fingerprint density at radius 3 is 2.59 bits per heavy atom. The zero-order valence-electron chi connectivity index (χ0n) is 16.6. The molecule has 3 rings (SSSR count). The lowest BCUT2D eigenvalue weighted by atomic mass is 10.2. The van der Waals surface area contributed by atoms with Gasteiger partial charge in [-0.05, 0) is 29.1 Å². The predicted octanol–water partition coefficient (Wildman–Crippen LogP) is 3.02. The maximum Gasteiger partial charge on any atom is 0.274 e. The van der Waals surface area contributed by atoms with Gasteiger partial charge in [-0.15, -0.1) is 11.3 Å². The topological polar surface area (TPSA) is 85.7 Å². The first-order valence-electron chi connectivity index (χ1n) is 8.78. The zero-order chi connectivity index (χ0) is 21.0. The summed E-state index contributed by atoms with van der Waals surface area (Å²) in [4.78, 5) is 27.2. The Balaban J connectivity index is 1.71. The fourth-order valence-corrected chi connectivity index (χ4v) is 3.41. The van der Waals surface area contributed by atoms with E-state index in [0.717, 1.165) is 5.56 Å². The van der Waals surface area contributed by atoms with Crippen molar-refractivity contribution in [3.8, 4) is 11.5 Å². The summed E-state index contributed by atoms with van der Waals surface area (Å²) < 4.78 is 12.0. The van der Waals surface area contributed by atoms with E-state index < -0.39 is 0 Å². The Morgan fingerprint density at radius 1 is 1.17 bits per heavy atom. The van der Waals surface area contributed by atoms with Gasteiger partial charge in [0, 0.05) is 26.7 Å². The lowest BCUT2D eigenvalue weighted by Crippen LogP contribution is -2.26. The van der Waals surface area contributed by atoms with Crippen molar-refractivity contribution in [1.29, 1.82) is 0 Å². The molecular formula is C20H22N4O4S. The van der Waals surface area contributed by atoms with Gasteiger partial charge in [0.05, 0.1) is 19.1 Å². The van der Waals surface area contributed by atoms with Crippen LogP contribution < -0.4 is 14.8 Å². The van der Waals surface area contributed by atoms with Crippen molar-refractivity contribution in [2.45, 2.75) is 6.54 Å². The number of rotatable bonds is 7. The highest BCUT2D eigenvalue weighted by molar-refractivity contribution is 7.12. The van der Waals surface area contributed by atoms with Crippen molar-refractivity contribution in [3.05, 3.63) is 57.9 Å². The average Bonchev–Trinajstić information content (AvgIpc) is 3.37. The van der Waals surface area contributed by atoms with E-state index >= 15 is 0 Å². The van der Waals surface area contributed by atoms with Gasteiger partial charge in [0.25, 0.3) is 11.8 Å². The van der Waals surface area contributed by atoms with Crippen LogP contribution in [0.2, 0.25) is 0 Å². The quantitative estimate of drug-likeness (QED) is 0.642. The number of hydrogen-bond donors (Lipinski definition) is 1. The Labute approximate surface area is 172 Å². The molecule has 0 bridgehead atoms. The second-order valence-electron chi connectivity index (χ2n) is 6.32. The second-order valence-corrected chi connectivity index (χ2v) is 7.27. The summed E-state index contributed by atoms with van der Waals surface area (Å²) in [5.74, 6) is 1.18. The second kappa shape index (κ2) is 8.78. The molecule has 0 aliphatic carbocycles. The molecule has 8 nitrogen and oxygen atoms in total. The van der Waals surface area contributed by atoms with Gasteiger partial charge >= 0.3 is 0 Å². The number of nitrogens with one attached hydrogen (secondary N) is 1. The summed E-state index contributed by atoms with van der Waals surface area (Å²) in [6, 6.07) is 10.6. The monoisotopic (exact) mass is 414 g/mol. The summed E-state index contributed by atoms with van der Waals surface area (Å²) >= 11 is 1.34. The molecule has 9 heteroatoms. The minimum atomic E-state index is -0.257. The summed E-state index contributed by atoms with van der Waals surface area (Å²) in [7, 11) is 6.51. The van der Waals surface area contributed by atoms with Gasteiger partial charge in [0.2, 0.25) is 0 Å². The normalized spacial score (nSPS) is 10.5. The van der Waals surface area contributed by atoms with Crippen LogP contribution in [-0.4, -0.2) is 47.8 Å². The molecule has 0 radical (unpaired) electrons. The van der Waals surface area contributed by atoms with Crippen LogP contribution >= 0.6 is 11.3 Å². The summed E-state index contributed by atoms with van der Waals surface area (Å²) in [5, 5.41) is 8.84. The fraction of sp³-hybridized carbons (Fsp3) is 0.250. The third kappa shape index (κ3) is 4.57. The summed E-state index contributed by atoms with van der Waals surface area (Å²) in [6.45, 7) is 0.368. The molecule has 0 fully saturated rings. The zero-order valence-corrected chi connectivity index (χ0v) is 17.4. The van der Waals surface area contributed by atoms with Crippen LogP contribution in [0, 0.1) is 0 Å². The van der Waals surface area contributed by atoms with Gasteiger partial charge in [-0.1, -0.05) is 12.1 Å². The Hall–Kier alpha value is -3.33. The van der Waals surface area contributed by atoms with E-state index in [1.54, 1.807) is 57.5 Å². The third-order valence-electron chi connectivity index (χ3n) is 4.30. The van der Waals surface area contributed by atoms with Gasteiger partial charge in [-0.25, -0.2) is 0 Å². The first kappa shape index (κ1) is 20.4. The number of anilines is 1. The van der Waals surface area contributed by atoms with Crippen LogP contribution in [0.1, 0.15) is 25.7 Å². The van der Waals surface area contributed by atoms with Gasteiger partial charge in [0.15, 0.2) is 17.2 Å². The minimum absolute atomic E-state index is 0.235. The van der Waals surface area contributed by atoms with Crippen LogP contribution in [0.3, 0.4) is 0 Å². The SMILES string of the molecule is COc1ccc(CN(C)C(=O)c2cc(NC(=O)c3cccs3)n(C)n2)cc1OC. The van der Waals surface area contributed by atoms with E-state index in [9.17, 15) is 9.59 Å². The molecule has 0 aliphatic rings. The first-order chi connectivity index (χ1) is 13.9.